The van der Waals surface area contributed by atoms with Crippen LogP contribution in [0.15, 0.2) is 42.5 Å². The van der Waals surface area contributed by atoms with Gasteiger partial charge in [0.15, 0.2) is 0 Å². The van der Waals surface area contributed by atoms with E-state index in [9.17, 15) is 14.0 Å². The molecular formula is C26H28FN3O4. The molecule has 178 valence electrons. The maximum absolute atomic E-state index is 14.1. The number of methoxy groups -OCH3 is 1. The van der Waals surface area contributed by atoms with Gasteiger partial charge in [-0.1, -0.05) is 30.3 Å². The molecule has 0 aliphatic carbocycles. The lowest BCUT2D eigenvalue weighted by atomic mass is 10.0. The molecule has 2 aromatic carbocycles. The number of rotatable bonds is 4. The van der Waals surface area contributed by atoms with Gasteiger partial charge in [0.2, 0.25) is 0 Å². The molecule has 8 heteroatoms. The van der Waals surface area contributed by atoms with Gasteiger partial charge in [-0.25, -0.2) is 14.0 Å². The molecular weight excluding hydrogens is 437 g/mol. The molecule has 0 fully saturated rings. The van der Waals surface area contributed by atoms with E-state index in [0.29, 0.717) is 25.2 Å². The lowest BCUT2D eigenvalue weighted by molar-refractivity contribution is 0.0239. The van der Waals surface area contributed by atoms with Crippen molar-refractivity contribution in [1.82, 2.24) is 14.7 Å². The lowest BCUT2D eigenvalue weighted by Gasteiger charge is -2.24. The summed E-state index contributed by atoms with van der Waals surface area (Å²) in [5.74, 6) is -1.36. The summed E-state index contributed by atoms with van der Waals surface area (Å²) in [5.41, 5.74) is 4.71. The van der Waals surface area contributed by atoms with Gasteiger partial charge in [-0.15, -0.1) is 0 Å². The number of carbonyl (C=O) groups excluding carboxylic acids is 2. The van der Waals surface area contributed by atoms with Crippen molar-refractivity contribution in [2.24, 2.45) is 0 Å². The first-order valence-corrected chi connectivity index (χ1v) is 11.1. The van der Waals surface area contributed by atoms with Gasteiger partial charge in [0.1, 0.15) is 11.4 Å². The first kappa shape index (κ1) is 23.5. The number of ether oxygens (including phenoxy) is 2. The first-order chi connectivity index (χ1) is 16.1. The van der Waals surface area contributed by atoms with E-state index in [0.717, 1.165) is 28.1 Å². The van der Waals surface area contributed by atoms with Crippen LogP contribution in [0.1, 0.15) is 53.5 Å². The van der Waals surface area contributed by atoms with E-state index in [1.165, 1.54) is 19.2 Å². The highest BCUT2D eigenvalue weighted by Crippen LogP contribution is 2.35. The Morgan fingerprint density at radius 2 is 1.85 bits per heavy atom. The zero-order chi connectivity index (χ0) is 24.6. The highest BCUT2D eigenvalue weighted by atomic mass is 19.1. The van der Waals surface area contributed by atoms with Gasteiger partial charge < -0.3 is 9.47 Å². The molecule has 0 atom stereocenters. The normalized spacial score (nSPS) is 13.1. The van der Waals surface area contributed by atoms with Gasteiger partial charge in [0, 0.05) is 11.1 Å². The number of hydrogen-bond donors (Lipinski definition) is 0. The second-order valence-electron chi connectivity index (χ2n) is 9.39. The minimum Gasteiger partial charge on any atom is -0.465 e. The van der Waals surface area contributed by atoms with Crippen LogP contribution in [0.5, 0.6) is 0 Å². The Labute approximate surface area is 198 Å². The SMILES string of the molecule is COC(=O)c1cc(Cn2nc3c(c2-c2ccccc2C)CN(C(=O)OC(C)(C)C)C3)ccc1F. The van der Waals surface area contributed by atoms with Crippen LogP contribution >= 0.6 is 0 Å². The topological polar surface area (TPSA) is 73.7 Å². The number of benzene rings is 2. The standard InChI is InChI=1S/C26H28FN3O4/c1-16-8-6-7-9-18(16)23-20-14-29(25(32)34-26(2,3)4)15-22(20)28-30(23)13-17-10-11-21(27)19(12-17)24(31)33-5/h6-12H,13-15H2,1-5H3. The number of fused-ring (bicyclic) bond motifs is 1. The Bertz CT molecular complexity index is 1260. The Kier molecular flexibility index (Phi) is 6.17. The molecule has 2 heterocycles. The monoisotopic (exact) mass is 465 g/mol. The Balaban J connectivity index is 1.72. The second-order valence-corrected chi connectivity index (χ2v) is 9.39. The molecule has 7 nitrogen and oxygen atoms in total. The average molecular weight is 466 g/mol. The minimum absolute atomic E-state index is 0.117. The number of hydrogen-bond acceptors (Lipinski definition) is 5. The third kappa shape index (κ3) is 4.66. The second kappa shape index (κ2) is 8.93. The molecule has 4 rings (SSSR count). The number of amides is 1. The van der Waals surface area contributed by atoms with Gasteiger partial charge >= 0.3 is 12.1 Å². The fourth-order valence-corrected chi connectivity index (χ4v) is 4.09. The molecule has 0 spiro atoms. The summed E-state index contributed by atoms with van der Waals surface area (Å²) in [6, 6.07) is 12.3. The van der Waals surface area contributed by atoms with Gasteiger partial charge in [0.25, 0.3) is 0 Å². The summed E-state index contributed by atoms with van der Waals surface area (Å²) in [5, 5.41) is 4.81. The summed E-state index contributed by atoms with van der Waals surface area (Å²) in [6.45, 7) is 8.58. The molecule has 1 aromatic heterocycles. The van der Waals surface area contributed by atoms with Crippen molar-refractivity contribution >= 4 is 12.1 Å². The van der Waals surface area contributed by atoms with Crippen LogP contribution < -0.4 is 0 Å². The molecule has 0 N–H and O–H groups in total. The van der Waals surface area contributed by atoms with E-state index in [1.807, 2.05) is 56.6 Å². The third-order valence-electron chi connectivity index (χ3n) is 5.64. The quantitative estimate of drug-likeness (QED) is 0.502. The highest BCUT2D eigenvalue weighted by molar-refractivity contribution is 5.89. The van der Waals surface area contributed by atoms with Crippen molar-refractivity contribution in [2.75, 3.05) is 7.11 Å². The zero-order valence-electron chi connectivity index (χ0n) is 20.0. The van der Waals surface area contributed by atoms with Crippen molar-refractivity contribution in [3.63, 3.8) is 0 Å². The molecule has 0 saturated heterocycles. The van der Waals surface area contributed by atoms with E-state index in [1.54, 1.807) is 11.0 Å². The molecule has 0 unspecified atom stereocenters. The van der Waals surface area contributed by atoms with Crippen LogP contribution in [0.2, 0.25) is 0 Å². The molecule has 1 aliphatic rings. The number of nitrogens with zero attached hydrogens (tertiary/aromatic N) is 3. The van der Waals surface area contributed by atoms with Crippen LogP contribution in [0.3, 0.4) is 0 Å². The predicted octanol–water partition coefficient (Wildman–Crippen LogP) is 5.08. The highest BCUT2D eigenvalue weighted by Gasteiger charge is 2.33. The van der Waals surface area contributed by atoms with Crippen LogP contribution in [-0.4, -0.2) is 39.5 Å². The van der Waals surface area contributed by atoms with Crippen LogP contribution in [-0.2, 0) is 29.1 Å². The van der Waals surface area contributed by atoms with Gasteiger partial charge in [-0.3, -0.25) is 9.58 Å². The molecule has 34 heavy (non-hydrogen) atoms. The largest absolute Gasteiger partial charge is 0.465 e. The fraction of sp³-hybridized carbons (Fsp3) is 0.346. The molecule has 0 saturated carbocycles. The summed E-state index contributed by atoms with van der Waals surface area (Å²) >= 11 is 0. The van der Waals surface area contributed by atoms with Crippen molar-refractivity contribution in [3.8, 4) is 11.3 Å². The number of halogens is 1. The Morgan fingerprint density at radius 1 is 1.12 bits per heavy atom. The Morgan fingerprint density at radius 3 is 2.53 bits per heavy atom. The van der Waals surface area contributed by atoms with Gasteiger partial charge in [-0.2, -0.15) is 5.10 Å². The third-order valence-corrected chi connectivity index (χ3v) is 5.64. The summed E-state index contributed by atoms with van der Waals surface area (Å²) in [6.07, 6.45) is -0.381. The smallest absolute Gasteiger partial charge is 0.410 e. The predicted molar refractivity (Wildman–Crippen MR) is 125 cm³/mol. The van der Waals surface area contributed by atoms with Crippen molar-refractivity contribution in [1.29, 1.82) is 0 Å². The molecule has 0 bridgehead atoms. The summed E-state index contributed by atoms with van der Waals surface area (Å²) in [4.78, 5) is 26.3. The van der Waals surface area contributed by atoms with E-state index in [2.05, 4.69) is 0 Å². The van der Waals surface area contributed by atoms with Crippen molar-refractivity contribution < 1.29 is 23.5 Å². The molecule has 3 aromatic rings. The van der Waals surface area contributed by atoms with Crippen LogP contribution in [0.4, 0.5) is 9.18 Å². The number of carbonyl (C=O) groups is 2. The number of aromatic nitrogens is 2. The van der Waals surface area contributed by atoms with Crippen molar-refractivity contribution in [2.45, 2.75) is 52.9 Å². The van der Waals surface area contributed by atoms with Gasteiger partial charge in [0.05, 0.1) is 43.7 Å². The zero-order valence-corrected chi connectivity index (χ0v) is 20.0. The van der Waals surface area contributed by atoms with Crippen molar-refractivity contribution in [3.05, 3.63) is 76.2 Å². The maximum Gasteiger partial charge on any atom is 0.410 e. The summed E-state index contributed by atoms with van der Waals surface area (Å²) in [7, 11) is 1.22. The number of esters is 1. The Hall–Kier alpha value is -3.68. The van der Waals surface area contributed by atoms with Crippen LogP contribution in [0.25, 0.3) is 11.3 Å². The van der Waals surface area contributed by atoms with E-state index < -0.39 is 17.4 Å². The minimum atomic E-state index is -0.727. The first-order valence-electron chi connectivity index (χ1n) is 11.1. The molecule has 1 amide bonds. The lowest BCUT2D eigenvalue weighted by Crippen LogP contribution is -2.33. The molecule has 1 aliphatic heterocycles. The van der Waals surface area contributed by atoms with Gasteiger partial charge in [-0.05, 0) is 51.0 Å². The summed E-state index contributed by atoms with van der Waals surface area (Å²) < 4.78 is 26.2. The number of aryl methyl sites for hydroxylation is 1. The fourth-order valence-electron chi connectivity index (χ4n) is 4.09. The van der Waals surface area contributed by atoms with Crippen LogP contribution in [0, 0.1) is 12.7 Å². The average Bonchev–Trinajstić information content (AvgIpc) is 3.32. The van der Waals surface area contributed by atoms with E-state index in [4.69, 9.17) is 14.6 Å². The van der Waals surface area contributed by atoms with E-state index >= 15 is 0 Å². The molecule has 0 radical (unpaired) electrons. The van der Waals surface area contributed by atoms with E-state index in [-0.39, 0.29) is 11.7 Å². The maximum atomic E-state index is 14.1.